The smallest absolute Gasteiger partial charge is 0.349 e. The molecular weight excluding hydrogens is 290 g/mol. The van der Waals surface area contributed by atoms with E-state index in [4.69, 9.17) is 11.6 Å². The monoisotopic (exact) mass is 309 g/mol. The van der Waals surface area contributed by atoms with Crippen LogP contribution in [0.15, 0.2) is 10.9 Å². The number of aromatic amines is 1. The quantitative estimate of drug-likeness (QED) is 0.853. The van der Waals surface area contributed by atoms with Crippen molar-refractivity contribution in [2.45, 2.75) is 45.1 Å². The molecule has 7 heteroatoms. The molecule has 0 spiro atoms. The summed E-state index contributed by atoms with van der Waals surface area (Å²) in [5, 5.41) is 9.96. The molecule has 3 rings (SSSR count). The van der Waals surface area contributed by atoms with Crippen molar-refractivity contribution in [2.75, 3.05) is 11.2 Å². The van der Waals surface area contributed by atoms with Crippen molar-refractivity contribution in [1.82, 2.24) is 19.6 Å². The zero-order valence-corrected chi connectivity index (χ0v) is 13.1. The molecule has 2 aromatic rings. The lowest BCUT2D eigenvalue weighted by Crippen LogP contribution is -2.44. The van der Waals surface area contributed by atoms with Gasteiger partial charge in [0.05, 0.1) is 5.54 Å². The van der Waals surface area contributed by atoms with Gasteiger partial charge in [-0.15, -0.1) is 11.6 Å². The lowest BCUT2D eigenvalue weighted by atomic mass is 9.77. The maximum Gasteiger partial charge on any atom is 0.349 e. The van der Waals surface area contributed by atoms with Gasteiger partial charge in [-0.2, -0.15) is 5.10 Å². The molecule has 2 heterocycles. The Hall–Kier alpha value is -1.56. The molecule has 1 aliphatic rings. The van der Waals surface area contributed by atoms with Crippen LogP contribution in [-0.2, 0) is 0 Å². The normalized spacial score (nSPS) is 26.1. The Kier molecular flexibility index (Phi) is 3.65. The number of hydrogen-bond acceptors (Lipinski definition) is 4. The molecule has 2 aromatic heterocycles. The number of rotatable bonds is 3. The van der Waals surface area contributed by atoms with Gasteiger partial charge in [-0.25, -0.2) is 19.3 Å². The molecule has 0 aromatic carbocycles. The van der Waals surface area contributed by atoms with Crippen LogP contribution in [0.5, 0.6) is 0 Å². The number of nitrogens with zero attached hydrogens (tertiary/aromatic N) is 3. The fourth-order valence-electron chi connectivity index (χ4n) is 3.36. The molecule has 1 saturated carbocycles. The van der Waals surface area contributed by atoms with Gasteiger partial charge >= 0.3 is 5.69 Å². The van der Waals surface area contributed by atoms with Crippen molar-refractivity contribution >= 4 is 23.1 Å². The summed E-state index contributed by atoms with van der Waals surface area (Å²) < 4.78 is 1.46. The third-order valence-corrected chi connectivity index (χ3v) is 4.82. The number of aromatic nitrogens is 4. The highest BCUT2D eigenvalue weighted by Gasteiger charge is 2.34. The van der Waals surface area contributed by atoms with E-state index >= 15 is 0 Å². The molecule has 6 nitrogen and oxygen atoms in total. The molecule has 21 heavy (non-hydrogen) atoms. The average Bonchev–Trinajstić information content (AvgIpc) is 2.80. The summed E-state index contributed by atoms with van der Waals surface area (Å²) in [5.74, 6) is 2.55. The summed E-state index contributed by atoms with van der Waals surface area (Å²) in [6, 6.07) is 1.79. The SMILES string of the molecule is Cc1nc(NC2(CCl)CCCC(C)C2)cc2n[nH]c(=O)n12. The standard InChI is InChI=1S/C14H20ClN5O/c1-9-4-3-5-14(7-9,8-15)17-11-6-12-18-19-13(21)20(12)10(2)16-11/h6,9,17H,3-5,7-8H2,1-2H3,(H,19,21). The van der Waals surface area contributed by atoms with Crippen LogP contribution in [0.3, 0.4) is 0 Å². The largest absolute Gasteiger partial charge is 0.363 e. The van der Waals surface area contributed by atoms with Gasteiger partial charge < -0.3 is 5.32 Å². The van der Waals surface area contributed by atoms with E-state index in [1.165, 1.54) is 17.2 Å². The second kappa shape index (κ2) is 5.33. The van der Waals surface area contributed by atoms with E-state index in [2.05, 4.69) is 27.4 Å². The Morgan fingerprint density at radius 2 is 2.43 bits per heavy atom. The molecule has 0 saturated heterocycles. The van der Waals surface area contributed by atoms with Gasteiger partial charge in [0.1, 0.15) is 11.6 Å². The average molecular weight is 310 g/mol. The highest BCUT2D eigenvalue weighted by Crippen LogP contribution is 2.35. The van der Waals surface area contributed by atoms with Crippen molar-refractivity contribution < 1.29 is 0 Å². The summed E-state index contributed by atoms with van der Waals surface area (Å²) in [4.78, 5) is 16.1. The summed E-state index contributed by atoms with van der Waals surface area (Å²) in [7, 11) is 0. The Morgan fingerprint density at radius 1 is 1.62 bits per heavy atom. The van der Waals surface area contributed by atoms with Crippen molar-refractivity contribution in [3.05, 3.63) is 22.4 Å². The zero-order chi connectivity index (χ0) is 15.0. The molecule has 2 atom stereocenters. The van der Waals surface area contributed by atoms with Crippen molar-refractivity contribution in [1.29, 1.82) is 0 Å². The van der Waals surface area contributed by atoms with Crippen LogP contribution in [-0.4, -0.2) is 31.0 Å². The highest BCUT2D eigenvalue weighted by molar-refractivity contribution is 6.18. The molecule has 0 radical (unpaired) electrons. The van der Waals surface area contributed by atoms with Crippen molar-refractivity contribution in [2.24, 2.45) is 5.92 Å². The predicted molar refractivity (Wildman–Crippen MR) is 83.1 cm³/mol. The molecule has 0 amide bonds. The van der Waals surface area contributed by atoms with E-state index in [9.17, 15) is 4.79 Å². The van der Waals surface area contributed by atoms with E-state index in [1.54, 1.807) is 13.0 Å². The minimum Gasteiger partial charge on any atom is -0.363 e. The third-order valence-electron chi connectivity index (χ3n) is 4.31. The first-order chi connectivity index (χ1) is 10.0. The van der Waals surface area contributed by atoms with Gasteiger partial charge in [-0.3, -0.25) is 0 Å². The van der Waals surface area contributed by atoms with Crippen LogP contribution < -0.4 is 11.0 Å². The van der Waals surface area contributed by atoms with Crippen molar-refractivity contribution in [3.8, 4) is 0 Å². The van der Waals surface area contributed by atoms with Crippen LogP contribution in [0.4, 0.5) is 5.82 Å². The van der Waals surface area contributed by atoms with Gasteiger partial charge in [0, 0.05) is 11.9 Å². The van der Waals surface area contributed by atoms with Gasteiger partial charge in [-0.1, -0.05) is 19.8 Å². The van der Waals surface area contributed by atoms with Crippen LogP contribution in [0.1, 0.15) is 38.4 Å². The number of anilines is 1. The molecule has 2 N–H and O–H groups in total. The molecule has 0 aliphatic heterocycles. The summed E-state index contributed by atoms with van der Waals surface area (Å²) in [6.07, 6.45) is 4.50. The van der Waals surface area contributed by atoms with Crippen LogP contribution in [0.25, 0.3) is 5.65 Å². The highest BCUT2D eigenvalue weighted by atomic mass is 35.5. The first kappa shape index (κ1) is 14.4. The number of alkyl halides is 1. The van der Waals surface area contributed by atoms with Gasteiger partial charge in [0.2, 0.25) is 0 Å². The molecule has 114 valence electrons. The first-order valence-electron chi connectivity index (χ1n) is 7.32. The fraction of sp³-hybridized carbons (Fsp3) is 0.643. The molecule has 1 aliphatic carbocycles. The lowest BCUT2D eigenvalue weighted by molar-refractivity contribution is 0.279. The minimum atomic E-state index is -0.264. The number of aryl methyl sites for hydroxylation is 1. The third kappa shape index (κ3) is 2.64. The van der Waals surface area contributed by atoms with Crippen LogP contribution in [0.2, 0.25) is 0 Å². The minimum absolute atomic E-state index is 0.117. The second-order valence-electron chi connectivity index (χ2n) is 6.15. The molecular formula is C14H20ClN5O. The Labute approximate surface area is 127 Å². The number of nitrogens with one attached hydrogen (secondary N) is 2. The van der Waals surface area contributed by atoms with Crippen molar-refractivity contribution in [3.63, 3.8) is 0 Å². The number of fused-ring (bicyclic) bond motifs is 1. The Bertz CT molecular complexity index is 709. The van der Waals surface area contributed by atoms with E-state index < -0.39 is 0 Å². The molecule has 1 fully saturated rings. The number of halogens is 1. The van der Waals surface area contributed by atoms with E-state index in [1.807, 2.05) is 0 Å². The van der Waals surface area contributed by atoms with Crippen LogP contribution in [0, 0.1) is 12.8 Å². The Balaban J connectivity index is 1.95. The van der Waals surface area contributed by atoms with Gasteiger partial charge in [0.25, 0.3) is 0 Å². The Morgan fingerprint density at radius 3 is 3.14 bits per heavy atom. The zero-order valence-electron chi connectivity index (χ0n) is 12.3. The molecule has 2 unspecified atom stereocenters. The number of H-pyrrole nitrogens is 1. The van der Waals surface area contributed by atoms with E-state index in [0.717, 1.165) is 18.7 Å². The van der Waals surface area contributed by atoms with E-state index in [-0.39, 0.29) is 11.2 Å². The summed E-state index contributed by atoms with van der Waals surface area (Å²) in [6.45, 7) is 4.06. The fourth-order valence-corrected chi connectivity index (χ4v) is 3.67. The maximum absolute atomic E-state index is 11.6. The number of hydrogen-bond donors (Lipinski definition) is 2. The summed E-state index contributed by atoms with van der Waals surface area (Å²) >= 11 is 6.25. The predicted octanol–water partition coefficient (Wildman–Crippen LogP) is 2.33. The van der Waals surface area contributed by atoms with Gasteiger partial charge in [0.15, 0.2) is 5.65 Å². The van der Waals surface area contributed by atoms with Crippen LogP contribution >= 0.6 is 11.6 Å². The lowest BCUT2D eigenvalue weighted by Gasteiger charge is -2.39. The van der Waals surface area contributed by atoms with E-state index in [0.29, 0.717) is 23.3 Å². The summed E-state index contributed by atoms with van der Waals surface area (Å²) in [5.41, 5.74) is 0.191. The second-order valence-corrected chi connectivity index (χ2v) is 6.42. The maximum atomic E-state index is 11.6. The topological polar surface area (TPSA) is 75.1 Å². The molecule has 0 bridgehead atoms. The first-order valence-corrected chi connectivity index (χ1v) is 7.85. The van der Waals surface area contributed by atoms with Gasteiger partial charge in [-0.05, 0) is 25.7 Å².